The van der Waals surface area contributed by atoms with Crippen molar-refractivity contribution in [3.8, 4) is 5.75 Å². The summed E-state index contributed by atoms with van der Waals surface area (Å²) in [7, 11) is 0. The molecule has 0 atom stereocenters. The van der Waals surface area contributed by atoms with Gasteiger partial charge in [-0.15, -0.1) is 11.8 Å². The lowest BCUT2D eigenvalue weighted by Gasteiger charge is -2.00. The molecule has 13 heavy (non-hydrogen) atoms. The number of aromatic hydroxyl groups is 1. The topological polar surface area (TPSA) is 20.2 Å². The van der Waals surface area contributed by atoms with Gasteiger partial charge in [0.05, 0.1) is 0 Å². The fourth-order valence-corrected chi connectivity index (χ4v) is 1.90. The fraction of sp³-hybridized carbons (Fsp3) is 0.200. The summed E-state index contributed by atoms with van der Waals surface area (Å²) in [5, 5.41) is 10.2. The first-order valence-corrected chi connectivity index (χ1v) is 5.29. The van der Waals surface area contributed by atoms with Crippen LogP contribution in [0.25, 0.3) is 0 Å². The number of phenolic OH excluding ortho intramolecular Hbond substituents is 1. The van der Waals surface area contributed by atoms with Gasteiger partial charge in [-0.05, 0) is 19.1 Å². The summed E-state index contributed by atoms with van der Waals surface area (Å²) in [4.78, 5) is 0.886. The maximum Gasteiger partial charge on any atom is 0.129 e. The number of hydrogen-bond acceptors (Lipinski definition) is 2. The molecule has 1 nitrogen and oxygen atoms in total. The molecule has 0 aliphatic carbocycles. The first kappa shape index (κ1) is 10.5. The Balaban J connectivity index is 2.55. The Hall–Kier alpha value is -0.600. The summed E-state index contributed by atoms with van der Waals surface area (Å²) in [6.45, 7) is 1.84. The van der Waals surface area contributed by atoms with Gasteiger partial charge in [-0.2, -0.15) is 0 Å². The van der Waals surface area contributed by atoms with Crippen LogP contribution in [0.3, 0.4) is 0 Å². The average molecular weight is 215 g/mol. The van der Waals surface area contributed by atoms with E-state index < -0.39 is 0 Å². The van der Waals surface area contributed by atoms with E-state index in [1.165, 1.54) is 0 Å². The molecule has 0 radical (unpaired) electrons. The molecule has 0 saturated carbocycles. The minimum Gasteiger partial charge on any atom is -0.507 e. The molecule has 0 unspecified atom stereocenters. The van der Waals surface area contributed by atoms with Crippen molar-refractivity contribution in [2.24, 2.45) is 0 Å². The van der Waals surface area contributed by atoms with Gasteiger partial charge in [0.2, 0.25) is 0 Å². The summed E-state index contributed by atoms with van der Waals surface area (Å²) in [6, 6.07) is 7.28. The van der Waals surface area contributed by atoms with Gasteiger partial charge < -0.3 is 5.11 Å². The number of benzene rings is 1. The second-order valence-corrected chi connectivity index (χ2v) is 4.23. The molecule has 0 spiro atoms. The third kappa shape index (κ3) is 3.75. The molecular weight excluding hydrogens is 204 g/mol. The van der Waals surface area contributed by atoms with Gasteiger partial charge in [0, 0.05) is 15.7 Å². The quantitative estimate of drug-likeness (QED) is 0.776. The molecular formula is C10H11ClOS. The van der Waals surface area contributed by atoms with Gasteiger partial charge in [0.15, 0.2) is 0 Å². The van der Waals surface area contributed by atoms with Crippen molar-refractivity contribution >= 4 is 23.4 Å². The summed E-state index contributed by atoms with van der Waals surface area (Å²) < 4.78 is 0. The molecule has 1 rings (SSSR count). The lowest BCUT2D eigenvalue weighted by atomic mass is 10.3. The van der Waals surface area contributed by atoms with E-state index in [1.54, 1.807) is 17.8 Å². The van der Waals surface area contributed by atoms with E-state index in [2.05, 4.69) is 0 Å². The van der Waals surface area contributed by atoms with Crippen LogP contribution in [0, 0.1) is 0 Å². The zero-order valence-corrected chi connectivity index (χ0v) is 8.90. The van der Waals surface area contributed by atoms with E-state index in [9.17, 15) is 5.11 Å². The lowest BCUT2D eigenvalue weighted by molar-refractivity contribution is 0.462. The van der Waals surface area contributed by atoms with Crippen LogP contribution in [-0.2, 0) is 0 Å². The van der Waals surface area contributed by atoms with Crippen LogP contribution in [0.2, 0.25) is 0 Å². The smallest absolute Gasteiger partial charge is 0.129 e. The van der Waals surface area contributed by atoms with Crippen molar-refractivity contribution in [3.05, 3.63) is 35.4 Å². The number of hydrogen-bond donors (Lipinski definition) is 1. The van der Waals surface area contributed by atoms with Gasteiger partial charge in [-0.25, -0.2) is 0 Å². The highest BCUT2D eigenvalue weighted by atomic mass is 35.5. The fourth-order valence-electron chi connectivity index (χ4n) is 0.825. The molecule has 70 valence electrons. The standard InChI is InChI=1S/C10H11ClOS/c1-8(11)6-7-13-10-5-3-2-4-9(10)12/h2-6,12H,7H2,1H3/b8-6-. The third-order valence-corrected chi connectivity index (χ3v) is 2.61. The second kappa shape index (κ2) is 5.20. The largest absolute Gasteiger partial charge is 0.507 e. The van der Waals surface area contributed by atoms with Gasteiger partial charge in [-0.1, -0.05) is 29.8 Å². The number of allylic oxidation sites excluding steroid dienone is 1. The van der Waals surface area contributed by atoms with E-state index in [4.69, 9.17) is 11.6 Å². The Morgan fingerprint density at radius 2 is 2.23 bits per heavy atom. The van der Waals surface area contributed by atoms with Crippen molar-refractivity contribution in [3.63, 3.8) is 0 Å². The van der Waals surface area contributed by atoms with Crippen molar-refractivity contribution in [1.82, 2.24) is 0 Å². The van der Waals surface area contributed by atoms with E-state index in [1.807, 2.05) is 31.2 Å². The molecule has 0 saturated heterocycles. The summed E-state index contributed by atoms with van der Waals surface area (Å²) in [6.07, 6.45) is 1.92. The Kier molecular flexibility index (Phi) is 4.19. The van der Waals surface area contributed by atoms with Crippen LogP contribution in [0.5, 0.6) is 5.75 Å². The Morgan fingerprint density at radius 1 is 1.54 bits per heavy atom. The normalized spacial score (nSPS) is 11.7. The number of para-hydroxylation sites is 1. The molecule has 0 heterocycles. The lowest BCUT2D eigenvalue weighted by Crippen LogP contribution is -1.75. The maximum atomic E-state index is 9.40. The van der Waals surface area contributed by atoms with Gasteiger partial charge in [0.25, 0.3) is 0 Å². The maximum absolute atomic E-state index is 9.40. The van der Waals surface area contributed by atoms with Crippen LogP contribution in [0.1, 0.15) is 6.92 Å². The monoisotopic (exact) mass is 214 g/mol. The van der Waals surface area contributed by atoms with E-state index in [0.29, 0.717) is 5.75 Å². The molecule has 0 bridgehead atoms. The van der Waals surface area contributed by atoms with Crippen LogP contribution < -0.4 is 0 Å². The highest BCUT2D eigenvalue weighted by Crippen LogP contribution is 2.27. The number of halogens is 1. The van der Waals surface area contributed by atoms with Crippen molar-refractivity contribution in [2.75, 3.05) is 5.75 Å². The average Bonchev–Trinajstić information content (AvgIpc) is 2.08. The SMILES string of the molecule is C/C(Cl)=C/CSc1ccccc1O. The minimum atomic E-state index is 0.327. The van der Waals surface area contributed by atoms with E-state index in [0.717, 1.165) is 15.7 Å². The highest BCUT2D eigenvalue weighted by Gasteiger charge is 1.97. The van der Waals surface area contributed by atoms with Crippen molar-refractivity contribution in [1.29, 1.82) is 0 Å². The molecule has 1 N–H and O–H groups in total. The molecule has 0 aliphatic rings. The third-order valence-electron chi connectivity index (χ3n) is 1.47. The van der Waals surface area contributed by atoms with Gasteiger partial charge in [0.1, 0.15) is 5.75 Å². The zero-order chi connectivity index (χ0) is 9.68. The van der Waals surface area contributed by atoms with Crippen LogP contribution in [-0.4, -0.2) is 10.9 Å². The molecule has 1 aromatic carbocycles. The highest BCUT2D eigenvalue weighted by molar-refractivity contribution is 7.99. The molecule has 0 fully saturated rings. The first-order valence-electron chi connectivity index (χ1n) is 3.93. The predicted octanol–water partition coefficient (Wildman–Crippen LogP) is 3.63. The molecule has 3 heteroatoms. The minimum absolute atomic E-state index is 0.327. The molecule has 1 aromatic rings. The number of rotatable bonds is 3. The van der Waals surface area contributed by atoms with E-state index >= 15 is 0 Å². The summed E-state index contributed by atoms with van der Waals surface area (Å²) >= 11 is 7.23. The van der Waals surface area contributed by atoms with E-state index in [-0.39, 0.29) is 0 Å². The van der Waals surface area contributed by atoms with Gasteiger partial charge >= 0.3 is 0 Å². The zero-order valence-electron chi connectivity index (χ0n) is 7.33. The van der Waals surface area contributed by atoms with Crippen LogP contribution in [0.15, 0.2) is 40.3 Å². The second-order valence-electron chi connectivity index (χ2n) is 2.57. The number of phenols is 1. The van der Waals surface area contributed by atoms with Gasteiger partial charge in [-0.3, -0.25) is 0 Å². The Bertz CT molecular complexity index is 306. The van der Waals surface area contributed by atoms with Crippen molar-refractivity contribution in [2.45, 2.75) is 11.8 Å². The predicted molar refractivity (Wildman–Crippen MR) is 58.4 cm³/mol. The molecule has 0 aromatic heterocycles. The molecule has 0 aliphatic heterocycles. The summed E-state index contributed by atoms with van der Waals surface area (Å²) in [5.74, 6) is 1.11. The number of thioether (sulfide) groups is 1. The first-order chi connectivity index (χ1) is 6.20. The van der Waals surface area contributed by atoms with Crippen molar-refractivity contribution < 1.29 is 5.11 Å². The summed E-state index contributed by atoms with van der Waals surface area (Å²) in [5.41, 5.74) is 0. The Morgan fingerprint density at radius 3 is 2.85 bits per heavy atom. The molecule has 0 amide bonds. The van der Waals surface area contributed by atoms with Crippen LogP contribution in [0.4, 0.5) is 0 Å². The van der Waals surface area contributed by atoms with Crippen LogP contribution >= 0.6 is 23.4 Å². The Labute approximate surface area is 87.4 Å².